The molecule has 107 heavy (non-hydrogen) atoms. The van der Waals surface area contributed by atoms with E-state index in [1.54, 1.807) is 32.5 Å². The molecule has 0 fully saturated rings. The van der Waals surface area contributed by atoms with E-state index in [2.05, 4.69) is 33.2 Å². The van der Waals surface area contributed by atoms with Crippen LogP contribution in [0, 0.1) is 94.2 Å². The average Bonchev–Trinajstić information content (AvgIpc) is 0.844. The summed E-state index contributed by atoms with van der Waals surface area (Å²) in [6.07, 6.45) is 4.45. The number of ether oxygens (including phenoxy) is 9. The second-order valence-electron chi connectivity index (χ2n) is 30.5. The number of carbonyl (C=O) groups is 14. The number of hydrogen-bond donors (Lipinski definition) is 0. The zero-order valence-electron chi connectivity index (χ0n) is 72.1. The number of benzene rings is 1. The maximum atomic E-state index is 12.1. The first-order chi connectivity index (χ1) is 49.3. The lowest BCUT2D eigenvalue weighted by atomic mass is 9.74. The van der Waals surface area contributed by atoms with E-state index in [4.69, 9.17) is 9.47 Å². The van der Waals surface area contributed by atoms with Crippen LogP contribution in [0.4, 0.5) is 0 Å². The molecule has 0 spiro atoms. The summed E-state index contributed by atoms with van der Waals surface area (Å²) in [5, 5.41) is 0. The molecule has 1 aromatic rings. The minimum absolute atomic E-state index is 0.0125. The van der Waals surface area contributed by atoms with Crippen molar-refractivity contribution >= 4 is 94.0 Å². The van der Waals surface area contributed by atoms with Gasteiger partial charge in [-0.15, -0.1) is 0 Å². The Hall–Kier alpha value is -6.53. The first-order valence-electron chi connectivity index (χ1n) is 37.2. The highest BCUT2D eigenvalue weighted by molar-refractivity contribution is 7.98. The molecule has 0 saturated carbocycles. The van der Waals surface area contributed by atoms with E-state index in [1.807, 2.05) is 182 Å². The SMILES string of the molecule is CCC(C)C(CC(=O)OC)C(=O)C(C)C.COC(=O)CC(C(=O)C(C)C)C(C)(C)C.COC(=O)CC(C(=O)C(C)C)C(C)(C)OC.COC(=O)CC(C(=O)C(C)C)C(C)C.COC(=O)CC(C(=O)C(C)C)C(C)OC.COC(=O)CC(C(=O)C(C)C)c1ccccc1.COC(=O)CC(CCSC)C(=O)C(C)C. The number of hydrogen-bond acceptors (Lipinski definition) is 24. The maximum absolute atomic E-state index is 12.1. The van der Waals surface area contributed by atoms with Crippen LogP contribution in [0.15, 0.2) is 30.3 Å². The molecule has 24 heteroatoms. The summed E-state index contributed by atoms with van der Waals surface area (Å²) in [6, 6.07) is 9.36. The first-order valence-corrected chi connectivity index (χ1v) is 38.6. The van der Waals surface area contributed by atoms with Gasteiger partial charge in [0.05, 0.1) is 124 Å². The van der Waals surface area contributed by atoms with Crippen LogP contribution < -0.4 is 0 Å². The fraction of sp³-hybridized carbons (Fsp3) is 0.759. The molecule has 0 radical (unpaired) electrons. The molecular formula is C83H144O23S. The molecule has 9 atom stereocenters. The van der Waals surface area contributed by atoms with E-state index in [9.17, 15) is 67.1 Å². The lowest BCUT2D eigenvalue weighted by molar-refractivity contribution is -0.151. The van der Waals surface area contributed by atoms with Crippen LogP contribution in [0.25, 0.3) is 0 Å². The van der Waals surface area contributed by atoms with E-state index < -0.39 is 23.4 Å². The predicted octanol–water partition coefficient (Wildman–Crippen LogP) is 14.9. The zero-order valence-corrected chi connectivity index (χ0v) is 72.9. The van der Waals surface area contributed by atoms with Crippen molar-refractivity contribution in [3.05, 3.63) is 35.9 Å². The van der Waals surface area contributed by atoms with Crippen LogP contribution in [0.3, 0.4) is 0 Å². The van der Waals surface area contributed by atoms with Gasteiger partial charge in [-0.05, 0) is 62.0 Å². The quantitative estimate of drug-likeness (QED) is 0.0436. The fourth-order valence-corrected chi connectivity index (χ4v) is 10.8. The largest absolute Gasteiger partial charge is 0.469 e. The van der Waals surface area contributed by atoms with E-state index >= 15 is 0 Å². The van der Waals surface area contributed by atoms with E-state index in [0.717, 1.165) is 24.2 Å². The summed E-state index contributed by atoms with van der Waals surface area (Å²) >= 11 is 1.69. The Morgan fingerprint density at radius 3 is 0.991 bits per heavy atom. The normalized spacial score (nSPS) is 13.6. The molecule has 9 unspecified atom stereocenters. The summed E-state index contributed by atoms with van der Waals surface area (Å²) in [7, 11) is 12.4. The van der Waals surface area contributed by atoms with Crippen molar-refractivity contribution in [3.63, 3.8) is 0 Å². The smallest absolute Gasteiger partial charge is 0.306 e. The van der Waals surface area contributed by atoms with Crippen molar-refractivity contribution in [2.45, 2.75) is 242 Å². The number of rotatable bonds is 39. The van der Waals surface area contributed by atoms with E-state index in [-0.39, 0.29) is 216 Å². The Kier molecular flexibility index (Phi) is 62.8. The zero-order chi connectivity index (χ0) is 85.2. The number of Topliss-reactive ketones (excluding diaryl/α,β-unsaturated/α-hetero) is 7. The number of methoxy groups -OCH3 is 9. The molecule has 0 amide bonds. The Morgan fingerprint density at radius 2 is 0.673 bits per heavy atom. The van der Waals surface area contributed by atoms with Crippen LogP contribution in [0.1, 0.15) is 235 Å². The molecule has 0 aliphatic rings. The van der Waals surface area contributed by atoms with Crippen molar-refractivity contribution in [3.8, 4) is 0 Å². The lowest BCUT2D eigenvalue weighted by Gasteiger charge is -2.32. The monoisotopic (exact) mass is 1540 g/mol. The van der Waals surface area contributed by atoms with Gasteiger partial charge in [-0.3, -0.25) is 67.1 Å². The van der Waals surface area contributed by atoms with Crippen molar-refractivity contribution in [1.29, 1.82) is 0 Å². The number of carbonyl (C=O) groups excluding carboxylic acids is 14. The molecule has 23 nitrogen and oxygen atoms in total. The molecule has 0 N–H and O–H groups in total. The Morgan fingerprint density at radius 1 is 0.364 bits per heavy atom. The third-order valence-electron chi connectivity index (χ3n) is 18.1. The molecule has 1 rings (SSSR count). The fourth-order valence-electron chi connectivity index (χ4n) is 10.3. The van der Waals surface area contributed by atoms with Crippen molar-refractivity contribution < 1.29 is 110 Å². The summed E-state index contributed by atoms with van der Waals surface area (Å²) < 4.78 is 42.6. The van der Waals surface area contributed by atoms with E-state index in [1.165, 1.54) is 64.0 Å². The third kappa shape index (κ3) is 49.3. The second kappa shape index (κ2) is 60.3. The minimum Gasteiger partial charge on any atom is -0.469 e. The molecule has 620 valence electrons. The maximum Gasteiger partial charge on any atom is 0.306 e. The number of ketones is 7. The van der Waals surface area contributed by atoms with Gasteiger partial charge in [-0.25, -0.2) is 0 Å². The van der Waals surface area contributed by atoms with E-state index in [0.29, 0.717) is 0 Å². The first kappa shape index (κ1) is 111. The molecule has 0 aliphatic carbocycles. The molecule has 0 heterocycles. The second-order valence-corrected chi connectivity index (χ2v) is 31.5. The van der Waals surface area contributed by atoms with Crippen LogP contribution in [-0.4, -0.2) is 170 Å². The van der Waals surface area contributed by atoms with Gasteiger partial charge in [0.1, 0.15) is 40.5 Å². The standard InChI is InChI=1S/C14H18O3.C12H22O4.2C12H22O3.C11H20O4.C11H20O3S.C11H20O3/c1-10(2)14(16)12(9-13(15)17-3)11-7-5-4-6-8-11;1-8(2)11(14)9(7-10(13)15-5)12(3,4)16-6;1-8(2)11(14)9(12(3,4)5)7-10(13)15-6;1-6-9(4)10(7-11(13)15-5)12(14)8(2)3;1-7(2)11(13)9(8(3)14-4)6-10(12)15-5;1-8(2)11(13)9(5-6-15-4)7-10(12)14-3;1-7(2)9(6-10(12)14-5)11(13)8(3)4/h4-8,10,12H,9H2,1-3H3;8-9H,7H2,1-6H3;8-9H,7H2,1-6H3;8-10H,6-7H2,1-5H3;7-9H,6H2,1-5H3;8-9H,5-7H2,1-4H3;7-9H,6H2,1-5H3. The van der Waals surface area contributed by atoms with Crippen LogP contribution in [-0.2, 0) is 110 Å². The van der Waals surface area contributed by atoms with Gasteiger partial charge in [-0.2, -0.15) is 11.8 Å². The van der Waals surface area contributed by atoms with Crippen molar-refractivity contribution in [2.24, 2.45) is 94.2 Å². The van der Waals surface area contributed by atoms with Gasteiger partial charge in [0.25, 0.3) is 0 Å². The average molecular weight is 1540 g/mol. The summed E-state index contributed by atoms with van der Waals surface area (Å²) in [5.74, 6) is -2.80. The minimum atomic E-state index is -0.657. The summed E-state index contributed by atoms with van der Waals surface area (Å²) in [5.41, 5.74) is 0.0158. The van der Waals surface area contributed by atoms with Gasteiger partial charge in [0, 0.05) is 79.3 Å². The summed E-state index contributed by atoms with van der Waals surface area (Å²) in [4.78, 5) is 162. The van der Waals surface area contributed by atoms with Gasteiger partial charge < -0.3 is 42.6 Å². The third-order valence-corrected chi connectivity index (χ3v) is 18.8. The summed E-state index contributed by atoms with van der Waals surface area (Å²) in [6.45, 7) is 45.1. The molecular weight excluding hydrogens is 1400 g/mol. The Labute approximate surface area is 648 Å². The number of thioether (sulfide) groups is 1. The molecule has 0 aliphatic heterocycles. The van der Waals surface area contributed by atoms with Gasteiger partial charge in [0.2, 0.25) is 0 Å². The highest BCUT2D eigenvalue weighted by atomic mass is 32.2. The Balaban J connectivity index is -0.000000278. The predicted molar refractivity (Wildman–Crippen MR) is 420 cm³/mol. The molecule has 0 saturated heterocycles. The lowest BCUT2D eigenvalue weighted by Crippen LogP contribution is -2.42. The van der Waals surface area contributed by atoms with Crippen LogP contribution >= 0.6 is 11.8 Å². The molecule has 0 aromatic heterocycles. The van der Waals surface area contributed by atoms with Gasteiger partial charge in [0.15, 0.2) is 0 Å². The van der Waals surface area contributed by atoms with Crippen LogP contribution in [0.5, 0.6) is 0 Å². The van der Waals surface area contributed by atoms with Crippen molar-refractivity contribution in [2.75, 3.05) is 76.0 Å². The molecule has 0 bridgehead atoms. The van der Waals surface area contributed by atoms with Gasteiger partial charge >= 0.3 is 41.8 Å². The highest BCUT2D eigenvalue weighted by Gasteiger charge is 2.39. The van der Waals surface area contributed by atoms with Gasteiger partial charge in [-0.1, -0.05) is 182 Å². The molecule has 1 aromatic carbocycles. The Bertz CT molecular complexity index is 2730. The number of esters is 7. The van der Waals surface area contributed by atoms with Crippen LogP contribution in [0.2, 0.25) is 0 Å². The highest BCUT2D eigenvalue weighted by Crippen LogP contribution is 2.33. The van der Waals surface area contributed by atoms with Crippen molar-refractivity contribution in [1.82, 2.24) is 0 Å². The topological polar surface area (TPSA) is 322 Å².